The molecule has 0 saturated carbocycles. The summed E-state index contributed by atoms with van der Waals surface area (Å²) < 4.78 is 27.6. The van der Waals surface area contributed by atoms with Crippen LogP contribution in [0.15, 0.2) is 77.7 Å². The Bertz CT molecular complexity index is 1290. The fourth-order valence-electron chi connectivity index (χ4n) is 3.76. The lowest BCUT2D eigenvalue weighted by atomic mass is 10.1. The molecule has 9 nitrogen and oxygen atoms in total. The highest BCUT2D eigenvalue weighted by Gasteiger charge is 2.25. The van der Waals surface area contributed by atoms with Gasteiger partial charge in [-0.3, -0.25) is 19.7 Å². The van der Waals surface area contributed by atoms with E-state index in [-0.39, 0.29) is 11.7 Å². The molecule has 4 rings (SSSR count). The average molecular weight is 467 g/mol. The SMILES string of the molecule is O=C(Nc1ccc(NS(=O)(=O)c2ccccc2[N+](=O)[O-])cc1)N1CCCCc2ccccc21. The second-order valence-corrected chi connectivity index (χ2v) is 9.23. The minimum Gasteiger partial charge on any atom is -0.308 e. The van der Waals surface area contributed by atoms with Crippen LogP contribution in [0.25, 0.3) is 0 Å². The van der Waals surface area contributed by atoms with Gasteiger partial charge in [0.25, 0.3) is 15.7 Å². The number of nitrogens with zero attached hydrogens (tertiary/aromatic N) is 2. The highest BCUT2D eigenvalue weighted by atomic mass is 32.2. The quantitative estimate of drug-likeness (QED) is 0.414. The number of urea groups is 1. The van der Waals surface area contributed by atoms with E-state index in [4.69, 9.17) is 0 Å². The molecule has 2 amide bonds. The molecule has 3 aromatic carbocycles. The summed E-state index contributed by atoms with van der Waals surface area (Å²) in [7, 11) is -4.17. The Labute approximate surface area is 191 Å². The average Bonchev–Trinajstić information content (AvgIpc) is 3.03. The van der Waals surface area contributed by atoms with Gasteiger partial charge in [0.05, 0.1) is 4.92 Å². The molecule has 10 heteroatoms. The standard InChI is InChI=1S/C23H22N4O5S/c28-23(26-16-6-5-8-17-7-1-2-9-20(17)26)24-18-12-14-19(15-13-18)25-33(31,32)22-11-4-3-10-21(22)27(29)30/h1-4,7,9-15,25H,5-6,8,16H2,(H,24,28). The molecule has 0 aromatic heterocycles. The Kier molecular flexibility index (Phi) is 6.27. The molecule has 0 saturated heterocycles. The van der Waals surface area contributed by atoms with Crippen LogP contribution in [0.3, 0.4) is 0 Å². The molecule has 0 bridgehead atoms. The number of nitro groups is 1. The number of carbonyl (C=O) groups excluding carboxylic acids is 1. The van der Waals surface area contributed by atoms with Gasteiger partial charge in [0.15, 0.2) is 4.90 Å². The molecule has 3 aromatic rings. The number of benzene rings is 3. The van der Waals surface area contributed by atoms with Gasteiger partial charge >= 0.3 is 6.03 Å². The number of anilines is 3. The number of nitro benzene ring substituents is 1. The van der Waals surface area contributed by atoms with E-state index in [0.29, 0.717) is 12.2 Å². The van der Waals surface area contributed by atoms with E-state index in [2.05, 4.69) is 10.0 Å². The summed E-state index contributed by atoms with van der Waals surface area (Å²) >= 11 is 0. The molecule has 2 N–H and O–H groups in total. The number of aryl methyl sites for hydroxylation is 1. The van der Waals surface area contributed by atoms with E-state index in [9.17, 15) is 23.3 Å². The summed E-state index contributed by atoms with van der Waals surface area (Å²) in [6.07, 6.45) is 2.83. The van der Waals surface area contributed by atoms with Crippen LogP contribution >= 0.6 is 0 Å². The van der Waals surface area contributed by atoms with Gasteiger partial charge in [-0.15, -0.1) is 0 Å². The van der Waals surface area contributed by atoms with E-state index in [0.717, 1.165) is 36.6 Å². The second-order valence-electron chi connectivity index (χ2n) is 7.58. The minimum absolute atomic E-state index is 0.214. The number of nitrogens with one attached hydrogen (secondary N) is 2. The number of hydrogen-bond donors (Lipinski definition) is 2. The third-order valence-corrected chi connectivity index (χ3v) is 6.77. The molecule has 33 heavy (non-hydrogen) atoms. The first-order valence-corrected chi connectivity index (χ1v) is 11.9. The van der Waals surface area contributed by atoms with Crippen LogP contribution in [0, 0.1) is 10.1 Å². The summed E-state index contributed by atoms with van der Waals surface area (Å²) in [5, 5.41) is 14.0. The molecule has 0 radical (unpaired) electrons. The van der Waals surface area contributed by atoms with Crippen molar-refractivity contribution in [3.63, 3.8) is 0 Å². The first kappa shape index (κ1) is 22.3. The van der Waals surface area contributed by atoms with Gasteiger partial charge in [-0.2, -0.15) is 0 Å². The van der Waals surface area contributed by atoms with Crippen LogP contribution in [-0.4, -0.2) is 25.9 Å². The fraction of sp³-hybridized carbons (Fsp3) is 0.174. The van der Waals surface area contributed by atoms with Crippen molar-refractivity contribution in [1.29, 1.82) is 0 Å². The molecule has 0 aliphatic carbocycles. The third-order valence-electron chi connectivity index (χ3n) is 5.35. The van der Waals surface area contributed by atoms with Crippen molar-refractivity contribution in [2.24, 2.45) is 0 Å². The van der Waals surface area contributed by atoms with Crippen LogP contribution in [0.5, 0.6) is 0 Å². The van der Waals surface area contributed by atoms with E-state index in [1.165, 1.54) is 30.3 Å². The van der Waals surface area contributed by atoms with E-state index in [1.54, 1.807) is 17.0 Å². The van der Waals surface area contributed by atoms with Gasteiger partial charge in [0.2, 0.25) is 0 Å². The van der Waals surface area contributed by atoms with Gasteiger partial charge in [0, 0.05) is 29.7 Å². The maximum Gasteiger partial charge on any atom is 0.326 e. The zero-order valence-electron chi connectivity index (χ0n) is 17.6. The predicted octanol–water partition coefficient (Wildman–Crippen LogP) is 4.77. The largest absolute Gasteiger partial charge is 0.326 e. The molecular formula is C23H22N4O5S. The number of amides is 2. The number of para-hydroxylation sites is 2. The summed E-state index contributed by atoms with van der Waals surface area (Å²) in [4.78, 5) is 24.6. The molecule has 170 valence electrons. The topological polar surface area (TPSA) is 122 Å². The van der Waals surface area contributed by atoms with Crippen LogP contribution < -0.4 is 14.9 Å². The predicted molar refractivity (Wildman–Crippen MR) is 126 cm³/mol. The van der Waals surface area contributed by atoms with Crippen LogP contribution in [0.2, 0.25) is 0 Å². The molecule has 1 heterocycles. The number of fused-ring (bicyclic) bond motifs is 1. The van der Waals surface area contributed by atoms with Crippen molar-refractivity contribution in [2.45, 2.75) is 24.2 Å². The van der Waals surface area contributed by atoms with Gasteiger partial charge in [0.1, 0.15) is 0 Å². The Balaban J connectivity index is 1.48. The highest BCUT2D eigenvalue weighted by molar-refractivity contribution is 7.92. The minimum atomic E-state index is -4.17. The molecule has 1 aliphatic heterocycles. The van der Waals surface area contributed by atoms with Crippen molar-refractivity contribution in [1.82, 2.24) is 0 Å². The van der Waals surface area contributed by atoms with Crippen molar-refractivity contribution >= 4 is 38.8 Å². The zero-order valence-corrected chi connectivity index (χ0v) is 18.4. The lowest BCUT2D eigenvalue weighted by Crippen LogP contribution is -2.35. The lowest BCUT2D eigenvalue weighted by molar-refractivity contribution is -0.387. The van der Waals surface area contributed by atoms with Crippen LogP contribution in [0.1, 0.15) is 18.4 Å². The van der Waals surface area contributed by atoms with Crippen LogP contribution in [0.4, 0.5) is 27.5 Å². The van der Waals surface area contributed by atoms with E-state index < -0.39 is 25.5 Å². The number of hydrogen-bond acceptors (Lipinski definition) is 5. The second kappa shape index (κ2) is 9.29. The molecule has 0 fully saturated rings. The molecule has 0 spiro atoms. The Morgan fingerprint density at radius 1 is 0.909 bits per heavy atom. The van der Waals surface area contributed by atoms with Crippen molar-refractivity contribution in [2.75, 3.05) is 21.5 Å². The Hall–Kier alpha value is -3.92. The molecule has 0 atom stereocenters. The summed E-state index contributed by atoms with van der Waals surface area (Å²) in [5.74, 6) is 0. The van der Waals surface area contributed by atoms with Gasteiger partial charge in [-0.25, -0.2) is 13.2 Å². The molecule has 0 unspecified atom stereocenters. The number of carbonyl (C=O) groups is 1. The van der Waals surface area contributed by atoms with Gasteiger partial charge in [-0.05, 0) is 61.2 Å². The van der Waals surface area contributed by atoms with Crippen molar-refractivity contribution in [3.05, 3.63) is 88.5 Å². The maximum absolute atomic E-state index is 12.9. The third kappa shape index (κ3) is 4.96. The molecular weight excluding hydrogens is 444 g/mol. The Morgan fingerprint density at radius 3 is 2.33 bits per heavy atom. The zero-order chi connectivity index (χ0) is 23.4. The number of sulfonamides is 1. The summed E-state index contributed by atoms with van der Waals surface area (Å²) in [6.45, 7) is 0.608. The van der Waals surface area contributed by atoms with Crippen LogP contribution in [-0.2, 0) is 16.4 Å². The van der Waals surface area contributed by atoms with Gasteiger partial charge < -0.3 is 5.32 Å². The normalized spacial score (nSPS) is 13.5. The summed E-state index contributed by atoms with van der Waals surface area (Å²) in [6, 6.07) is 18.8. The monoisotopic (exact) mass is 466 g/mol. The molecule has 1 aliphatic rings. The number of rotatable bonds is 5. The fourth-order valence-corrected chi connectivity index (χ4v) is 4.99. The lowest BCUT2D eigenvalue weighted by Gasteiger charge is -2.23. The van der Waals surface area contributed by atoms with Crippen molar-refractivity contribution in [3.8, 4) is 0 Å². The van der Waals surface area contributed by atoms with Gasteiger partial charge in [-0.1, -0.05) is 30.3 Å². The van der Waals surface area contributed by atoms with Crippen molar-refractivity contribution < 1.29 is 18.1 Å². The van der Waals surface area contributed by atoms with E-state index >= 15 is 0 Å². The maximum atomic E-state index is 12.9. The first-order chi connectivity index (χ1) is 15.8. The summed E-state index contributed by atoms with van der Waals surface area (Å²) in [5.41, 5.74) is 2.22. The highest BCUT2D eigenvalue weighted by Crippen LogP contribution is 2.28. The first-order valence-electron chi connectivity index (χ1n) is 10.4. The Morgan fingerprint density at radius 2 is 1.58 bits per heavy atom. The smallest absolute Gasteiger partial charge is 0.308 e. The van der Waals surface area contributed by atoms with E-state index in [1.807, 2.05) is 24.3 Å².